The van der Waals surface area contributed by atoms with Crippen molar-refractivity contribution in [1.29, 1.82) is 0 Å². The number of ether oxygens (including phenoxy) is 2. The van der Waals surface area contributed by atoms with Crippen molar-refractivity contribution < 1.29 is 9.47 Å². The zero-order valence-corrected chi connectivity index (χ0v) is 16.0. The Morgan fingerprint density at radius 2 is 1.73 bits per heavy atom. The first-order valence-corrected chi connectivity index (χ1v) is 9.53. The minimum atomic E-state index is 0.643. The van der Waals surface area contributed by atoms with Gasteiger partial charge in [0.25, 0.3) is 0 Å². The molecule has 0 saturated carbocycles. The number of rotatable bonds is 9. The SMILES string of the molecule is COc1ccc(OCCN(C)Cc2csc(Cc3ccccc3)n2)cc1. The van der Waals surface area contributed by atoms with Crippen LogP contribution in [-0.2, 0) is 13.0 Å². The average molecular weight is 369 g/mol. The Morgan fingerprint density at radius 1 is 1.00 bits per heavy atom. The first kappa shape index (κ1) is 18.4. The minimum absolute atomic E-state index is 0.643. The van der Waals surface area contributed by atoms with E-state index in [2.05, 4.69) is 41.6 Å². The van der Waals surface area contributed by atoms with Gasteiger partial charge >= 0.3 is 0 Å². The van der Waals surface area contributed by atoms with Crippen LogP contribution < -0.4 is 9.47 Å². The number of likely N-dealkylation sites (N-methyl/N-ethyl adjacent to an activating group) is 1. The maximum atomic E-state index is 5.78. The van der Waals surface area contributed by atoms with Gasteiger partial charge in [0.2, 0.25) is 0 Å². The highest BCUT2D eigenvalue weighted by atomic mass is 32.1. The molecule has 0 saturated heterocycles. The normalized spacial score (nSPS) is 10.9. The Labute approximate surface area is 159 Å². The number of thiazole rings is 1. The van der Waals surface area contributed by atoms with Crippen LogP contribution in [0.1, 0.15) is 16.3 Å². The molecule has 0 aliphatic heterocycles. The number of methoxy groups -OCH3 is 1. The lowest BCUT2D eigenvalue weighted by atomic mass is 10.2. The summed E-state index contributed by atoms with van der Waals surface area (Å²) in [6.07, 6.45) is 0.899. The first-order chi connectivity index (χ1) is 12.7. The fraction of sp³-hybridized carbons (Fsp3) is 0.286. The topological polar surface area (TPSA) is 34.6 Å². The van der Waals surface area contributed by atoms with Gasteiger partial charge in [-0.05, 0) is 36.9 Å². The second-order valence-electron chi connectivity index (χ2n) is 6.16. The summed E-state index contributed by atoms with van der Waals surface area (Å²) in [7, 11) is 3.75. The number of benzene rings is 2. The molecule has 136 valence electrons. The van der Waals surface area contributed by atoms with Crippen LogP contribution in [0.15, 0.2) is 60.0 Å². The lowest BCUT2D eigenvalue weighted by Gasteiger charge is -2.15. The standard InChI is InChI=1S/C21H24N2O2S/c1-23(12-13-25-20-10-8-19(24-2)9-11-20)15-18-16-26-21(22-18)14-17-6-4-3-5-7-17/h3-11,16H,12-15H2,1-2H3. The molecule has 0 amide bonds. The van der Waals surface area contributed by atoms with Crippen LogP contribution in [0.4, 0.5) is 0 Å². The summed E-state index contributed by atoms with van der Waals surface area (Å²) in [5.41, 5.74) is 2.42. The van der Waals surface area contributed by atoms with E-state index in [1.165, 1.54) is 5.56 Å². The molecule has 0 radical (unpaired) electrons. The quantitative estimate of drug-likeness (QED) is 0.565. The molecule has 0 atom stereocenters. The maximum absolute atomic E-state index is 5.78. The van der Waals surface area contributed by atoms with Crippen molar-refractivity contribution in [2.45, 2.75) is 13.0 Å². The minimum Gasteiger partial charge on any atom is -0.497 e. The van der Waals surface area contributed by atoms with Crippen molar-refractivity contribution >= 4 is 11.3 Å². The van der Waals surface area contributed by atoms with Gasteiger partial charge in [0.05, 0.1) is 17.8 Å². The summed E-state index contributed by atoms with van der Waals surface area (Å²) in [6, 6.07) is 18.1. The second-order valence-corrected chi connectivity index (χ2v) is 7.10. The van der Waals surface area contributed by atoms with Gasteiger partial charge in [-0.3, -0.25) is 4.90 Å². The van der Waals surface area contributed by atoms with Crippen LogP contribution in [0.3, 0.4) is 0 Å². The third-order valence-electron chi connectivity index (χ3n) is 4.03. The van der Waals surface area contributed by atoms with Crippen molar-refractivity contribution in [1.82, 2.24) is 9.88 Å². The van der Waals surface area contributed by atoms with Crippen LogP contribution in [0.5, 0.6) is 11.5 Å². The van der Waals surface area contributed by atoms with E-state index in [0.29, 0.717) is 6.61 Å². The Kier molecular flexibility index (Phi) is 6.63. The largest absolute Gasteiger partial charge is 0.497 e. The summed E-state index contributed by atoms with van der Waals surface area (Å²) in [5.74, 6) is 1.70. The molecule has 2 aromatic carbocycles. The molecule has 0 unspecified atom stereocenters. The third-order valence-corrected chi connectivity index (χ3v) is 4.93. The van der Waals surface area contributed by atoms with Crippen LogP contribution in [-0.4, -0.2) is 37.2 Å². The van der Waals surface area contributed by atoms with Crippen molar-refractivity contribution in [2.24, 2.45) is 0 Å². The molecule has 1 heterocycles. The monoisotopic (exact) mass is 368 g/mol. The highest BCUT2D eigenvalue weighted by Gasteiger charge is 2.07. The highest BCUT2D eigenvalue weighted by Crippen LogP contribution is 2.17. The molecule has 1 aromatic heterocycles. The molecule has 3 aromatic rings. The van der Waals surface area contributed by atoms with E-state index in [-0.39, 0.29) is 0 Å². The molecule has 3 rings (SSSR count). The van der Waals surface area contributed by atoms with Gasteiger partial charge in [0.15, 0.2) is 0 Å². The van der Waals surface area contributed by atoms with E-state index in [9.17, 15) is 0 Å². The maximum Gasteiger partial charge on any atom is 0.119 e. The molecular formula is C21H24N2O2S. The second kappa shape index (κ2) is 9.36. The van der Waals surface area contributed by atoms with Gasteiger partial charge in [-0.25, -0.2) is 4.98 Å². The number of hydrogen-bond donors (Lipinski definition) is 0. The molecule has 4 nitrogen and oxygen atoms in total. The predicted molar refractivity (Wildman–Crippen MR) is 106 cm³/mol. The van der Waals surface area contributed by atoms with E-state index >= 15 is 0 Å². The van der Waals surface area contributed by atoms with E-state index in [1.807, 2.05) is 30.3 Å². The zero-order valence-electron chi connectivity index (χ0n) is 15.2. The van der Waals surface area contributed by atoms with Crippen LogP contribution >= 0.6 is 11.3 Å². The zero-order chi connectivity index (χ0) is 18.2. The van der Waals surface area contributed by atoms with Crippen LogP contribution in [0.25, 0.3) is 0 Å². The van der Waals surface area contributed by atoms with Gasteiger partial charge in [0.1, 0.15) is 18.1 Å². The molecule has 0 spiro atoms. The first-order valence-electron chi connectivity index (χ1n) is 8.65. The van der Waals surface area contributed by atoms with Crippen LogP contribution in [0, 0.1) is 0 Å². The summed E-state index contributed by atoms with van der Waals surface area (Å²) in [4.78, 5) is 6.98. The summed E-state index contributed by atoms with van der Waals surface area (Å²) >= 11 is 1.73. The number of nitrogens with zero attached hydrogens (tertiary/aromatic N) is 2. The third kappa shape index (κ3) is 5.58. The molecule has 0 fully saturated rings. The average Bonchev–Trinajstić information content (AvgIpc) is 3.10. The van der Waals surface area contributed by atoms with Gasteiger partial charge < -0.3 is 9.47 Å². The Hall–Kier alpha value is -2.37. The van der Waals surface area contributed by atoms with Crippen molar-refractivity contribution in [3.05, 3.63) is 76.2 Å². The fourth-order valence-corrected chi connectivity index (χ4v) is 3.44. The molecule has 0 aliphatic carbocycles. The van der Waals surface area contributed by atoms with Crippen LogP contribution in [0.2, 0.25) is 0 Å². The fourth-order valence-electron chi connectivity index (χ4n) is 2.62. The smallest absolute Gasteiger partial charge is 0.119 e. The molecule has 0 N–H and O–H groups in total. The molecule has 26 heavy (non-hydrogen) atoms. The molecule has 0 bridgehead atoms. The van der Waals surface area contributed by atoms with Gasteiger partial charge in [-0.2, -0.15) is 0 Å². The van der Waals surface area contributed by atoms with Gasteiger partial charge in [-0.1, -0.05) is 30.3 Å². The van der Waals surface area contributed by atoms with E-state index in [1.54, 1.807) is 18.4 Å². The van der Waals surface area contributed by atoms with Gasteiger partial charge in [-0.15, -0.1) is 11.3 Å². The predicted octanol–water partition coefficient (Wildman–Crippen LogP) is 4.25. The Balaban J connectivity index is 1.42. The van der Waals surface area contributed by atoms with Gasteiger partial charge in [0, 0.05) is 24.9 Å². The molecule has 0 aliphatic rings. The van der Waals surface area contributed by atoms with Crippen molar-refractivity contribution in [3.8, 4) is 11.5 Å². The summed E-state index contributed by atoms with van der Waals surface area (Å²) in [6.45, 7) is 2.32. The summed E-state index contributed by atoms with van der Waals surface area (Å²) in [5, 5.41) is 3.31. The number of hydrogen-bond acceptors (Lipinski definition) is 5. The Bertz CT molecular complexity index is 787. The lowest BCUT2D eigenvalue weighted by molar-refractivity contribution is 0.231. The van der Waals surface area contributed by atoms with E-state index in [0.717, 1.165) is 41.7 Å². The van der Waals surface area contributed by atoms with Crippen molar-refractivity contribution in [2.75, 3.05) is 27.3 Å². The number of aromatic nitrogens is 1. The highest BCUT2D eigenvalue weighted by molar-refractivity contribution is 7.09. The lowest BCUT2D eigenvalue weighted by Crippen LogP contribution is -2.24. The van der Waals surface area contributed by atoms with Crippen molar-refractivity contribution in [3.63, 3.8) is 0 Å². The van der Waals surface area contributed by atoms with E-state index < -0.39 is 0 Å². The Morgan fingerprint density at radius 3 is 2.46 bits per heavy atom. The van der Waals surface area contributed by atoms with E-state index in [4.69, 9.17) is 14.5 Å². The summed E-state index contributed by atoms with van der Waals surface area (Å²) < 4.78 is 10.9. The molecular weight excluding hydrogens is 344 g/mol. The molecule has 5 heteroatoms.